The van der Waals surface area contributed by atoms with E-state index in [-0.39, 0.29) is 11.4 Å². The average Bonchev–Trinajstić information content (AvgIpc) is 3.02. The van der Waals surface area contributed by atoms with E-state index in [0.29, 0.717) is 16.5 Å². The number of carbonyl (C=O) groups excluding carboxylic acids is 1. The molecule has 2 rings (SSSR count). The van der Waals surface area contributed by atoms with Crippen LogP contribution in [0.1, 0.15) is 23.2 Å². The maximum atomic E-state index is 12.0. The zero-order chi connectivity index (χ0) is 11.8. The number of nitrogens with one attached hydrogen (secondary N) is 1. The Labute approximate surface area is 112 Å². The number of halogens is 3. The summed E-state index contributed by atoms with van der Waals surface area (Å²) in [7, 11) is 0. The van der Waals surface area contributed by atoms with Crippen LogP contribution in [0.15, 0.2) is 22.7 Å². The van der Waals surface area contributed by atoms with Crippen LogP contribution in [0, 0.1) is 0 Å². The van der Waals surface area contributed by atoms with Crippen molar-refractivity contribution < 1.29 is 4.79 Å². The molecule has 0 bridgehead atoms. The summed E-state index contributed by atoms with van der Waals surface area (Å²) in [4.78, 5) is 12.0. The lowest BCUT2D eigenvalue weighted by Crippen LogP contribution is -2.38. The van der Waals surface area contributed by atoms with Crippen LogP contribution >= 0.6 is 39.1 Å². The second-order valence-electron chi connectivity index (χ2n) is 3.97. The van der Waals surface area contributed by atoms with Crippen molar-refractivity contribution in [2.75, 3.05) is 5.88 Å². The van der Waals surface area contributed by atoms with Crippen molar-refractivity contribution in [2.24, 2.45) is 0 Å². The molecule has 0 saturated heterocycles. The minimum absolute atomic E-state index is 0.163. The van der Waals surface area contributed by atoms with Crippen LogP contribution in [-0.2, 0) is 0 Å². The number of hydrogen-bond acceptors (Lipinski definition) is 1. The maximum absolute atomic E-state index is 12.0. The molecule has 0 radical (unpaired) electrons. The average molecular weight is 323 g/mol. The lowest BCUT2D eigenvalue weighted by molar-refractivity contribution is 0.0936. The van der Waals surface area contributed by atoms with E-state index < -0.39 is 0 Å². The molecule has 0 atom stereocenters. The topological polar surface area (TPSA) is 29.1 Å². The highest BCUT2D eigenvalue weighted by atomic mass is 79.9. The largest absolute Gasteiger partial charge is 0.345 e. The fourth-order valence-corrected chi connectivity index (χ4v) is 2.34. The van der Waals surface area contributed by atoms with E-state index in [9.17, 15) is 4.79 Å². The van der Waals surface area contributed by atoms with Gasteiger partial charge >= 0.3 is 0 Å². The molecule has 0 aromatic heterocycles. The minimum atomic E-state index is -0.204. The number of carbonyl (C=O) groups is 1. The zero-order valence-electron chi connectivity index (χ0n) is 8.40. The third kappa shape index (κ3) is 2.36. The highest BCUT2D eigenvalue weighted by molar-refractivity contribution is 9.10. The molecule has 1 aromatic rings. The third-order valence-electron chi connectivity index (χ3n) is 2.68. The smallest absolute Gasteiger partial charge is 0.253 e. The molecule has 16 heavy (non-hydrogen) atoms. The monoisotopic (exact) mass is 321 g/mol. The van der Waals surface area contributed by atoms with Crippen LogP contribution in [0.4, 0.5) is 0 Å². The van der Waals surface area contributed by atoms with Crippen LogP contribution in [0.25, 0.3) is 0 Å². The fourth-order valence-electron chi connectivity index (χ4n) is 1.43. The summed E-state index contributed by atoms with van der Waals surface area (Å²) < 4.78 is 0.720. The molecule has 0 heterocycles. The lowest BCUT2D eigenvalue weighted by atomic mass is 10.2. The fraction of sp³-hybridized carbons (Fsp3) is 0.364. The van der Waals surface area contributed by atoms with Gasteiger partial charge in [0.1, 0.15) is 0 Å². The first-order valence-corrected chi connectivity index (χ1v) is 6.61. The predicted molar refractivity (Wildman–Crippen MR) is 69.3 cm³/mol. The summed E-state index contributed by atoms with van der Waals surface area (Å²) in [6.45, 7) is 0. The molecular weight excluding hydrogens is 313 g/mol. The van der Waals surface area contributed by atoms with E-state index in [4.69, 9.17) is 23.2 Å². The Kier molecular flexibility index (Phi) is 3.48. The Morgan fingerprint density at radius 1 is 1.50 bits per heavy atom. The Balaban J connectivity index is 2.18. The van der Waals surface area contributed by atoms with Gasteiger partial charge in [0.25, 0.3) is 5.91 Å². The first-order chi connectivity index (χ1) is 7.58. The second kappa shape index (κ2) is 4.55. The summed E-state index contributed by atoms with van der Waals surface area (Å²) in [5.41, 5.74) is 0.275. The maximum Gasteiger partial charge on any atom is 0.253 e. The van der Waals surface area contributed by atoms with Gasteiger partial charge in [-0.25, -0.2) is 0 Å². The van der Waals surface area contributed by atoms with Gasteiger partial charge in [-0.1, -0.05) is 17.7 Å². The molecule has 1 aliphatic rings. The van der Waals surface area contributed by atoms with Crippen LogP contribution in [0.3, 0.4) is 0 Å². The molecule has 1 N–H and O–H groups in total. The van der Waals surface area contributed by atoms with Gasteiger partial charge in [-0.2, -0.15) is 0 Å². The molecule has 0 spiro atoms. The summed E-state index contributed by atoms with van der Waals surface area (Å²) in [5.74, 6) is 0.286. The summed E-state index contributed by atoms with van der Waals surface area (Å²) in [6, 6.07) is 5.28. The van der Waals surface area contributed by atoms with Gasteiger partial charge in [-0.15, -0.1) is 11.6 Å². The van der Waals surface area contributed by atoms with Crippen LogP contribution in [0.2, 0.25) is 5.02 Å². The zero-order valence-corrected chi connectivity index (χ0v) is 11.5. The second-order valence-corrected chi connectivity index (χ2v) is 5.47. The minimum Gasteiger partial charge on any atom is -0.345 e. The van der Waals surface area contributed by atoms with Crippen molar-refractivity contribution in [3.8, 4) is 0 Å². The van der Waals surface area contributed by atoms with Gasteiger partial charge in [-0.3, -0.25) is 4.79 Å². The Hall–Kier alpha value is -0.250. The van der Waals surface area contributed by atoms with Gasteiger partial charge < -0.3 is 5.32 Å². The van der Waals surface area contributed by atoms with Crippen molar-refractivity contribution in [1.82, 2.24) is 5.32 Å². The number of benzene rings is 1. The number of amides is 1. The van der Waals surface area contributed by atoms with E-state index in [1.54, 1.807) is 18.2 Å². The number of hydrogen-bond donors (Lipinski definition) is 1. The van der Waals surface area contributed by atoms with Gasteiger partial charge in [0, 0.05) is 10.4 Å². The van der Waals surface area contributed by atoms with Gasteiger partial charge in [0.15, 0.2) is 0 Å². The molecule has 1 aromatic carbocycles. The molecule has 0 unspecified atom stereocenters. The number of alkyl halides is 1. The molecule has 0 aliphatic heterocycles. The Morgan fingerprint density at radius 3 is 2.75 bits per heavy atom. The molecule has 1 fully saturated rings. The van der Waals surface area contributed by atoms with Crippen molar-refractivity contribution in [3.05, 3.63) is 33.3 Å². The van der Waals surface area contributed by atoms with E-state index in [1.165, 1.54) is 0 Å². The summed E-state index contributed by atoms with van der Waals surface area (Å²) in [6.07, 6.45) is 1.88. The van der Waals surface area contributed by atoms with Crippen LogP contribution in [-0.4, -0.2) is 17.3 Å². The molecule has 2 nitrogen and oxygen atoms in total. The van der Waals surface area contributed by atoms with E-state index in [0.717, 1.165) is 17.3 Å². The van der Waals surface area contributed by atoms with E-state index in [2.05, 4.69) is 21.2 Å². The van der Waals surface area contributed by atoms with E-state index in [1.807, 2.05) is 0 Å². The summed E-state index contributed by atoms with van der Waals surface area (Å²) >= 11 is 15.1. The van der Waals surface area contributed by atoms with Crippen LogP contribution < -0.4 is 5.32 Å². The Bertz CT molecular complexity index is 432. The third-order valence-corrected chi connectivity index (χ3v) is 4.49. The molecule has 86 valence electrons. The predicted octanol–water partition coefficient (Wildman–Crippen LogP) is 3.60. The first kappa shape index (κ1) is 12.2. The first-order valence-electron chi connectivity index (χ1n) is 4.90. The van der Waals surface area contributed by atoms with Crippen molar-refractivity contribution in [1.29, 1.82) is 0 Å². The molecular formula is C11H10BrCl2NO. The lowest BCUT2D eigenvalue weighted by Gasteiger charge is -2.14. The highest BCUT2D eigenvalue weighted by Crippen LogP contribution is 2.37. The molecule has 1 amide bonds. The molecule has 1 saturated carbocycles. The molecule has 1 aliphatic carbocycles. The van der Waals surface area contributed by atoms with Gasteiger partial charge in [0.2, 0.25) is 0 Å². The van der Waals surface area contributed by atoms with Gasteiger partial charge in [0.05, 0.1) is 16.1 Å². The SMILES string of the molecule is O=C(NC1(CCl)CC1)c1cccc(Br)c1Cl. The summed E-state index contributed by atoms with van der Waals surface area (Å²) in [5, 5.41) is 3.36. The van der Waals surface area contributed by atoms with E-state index >= 15 is 0 Å². The highest BCUT2D eigenvalue weighted by Gasteiger charge is 2.43. The normalized spacial score (nSPS) is 16.9. The quantitative estimate of drug-likeness (QED) is 0.846. The van der Waals surface area contributed by atoms with Crippen molar-refractivity contribution in [2.45, 2.75) is 18.4 Å². The van der Waals surface area contributed by atoms with Crippen molar-refractivity contribution >= 4 is 45.0 Å². The van der Waals surface area contributed by atoms with Crippen LogP contribution in [0.5, 0.6) is 0 Å². The van der Waals surface area contributed by atoms with Crippen molar-refractivity contribution in [3.63, 3.8) is 0 Å². The molecule has 5 heteroatoms. The Morgan fingerprint density at radius 2 is 2.19 bits per heavy atom. The number of rotatable bonds is 3. The van der Waals surface area contributed by atoms with Gasteiger partial charge in [-0.05, 0) is 40.9 Å². The standard InChI is InChI=1S/C11H10BrCl2NO/c12-8-3-1-2-7(9(8)14)10(16)15-11(6-13)4-5-11/h1-3H,4-6H2,(H,15,16).